The van der Waals surface area contributed by atoms with Crippen molar-refractivity contribution in [1.29, 1.82) is 0 Å². The van der Waals surface area contributed by atoms with Crippen molar-refractivity contribution >= 4 is 23.9 Å². The van der Waals surface area contributed by atoms with E-state index in [9.17, 15) is 19.2 Å². The van der Waals surface area contributed by atoms with Crippen LogP contribution in [0.25, 0.3) is 0 Å². The van der Waals surface area contributed by atoms with Crippen molar-refractivity contribution in [3.63, 3.8) is 0 Å². The van der Waals surface area contributed by atoms with Gasteiger partial charge in [0.2, 0.25) is 5.91 Å². The highest BCUT2D eigenvalue weighted by atomic mass is 16.5. The Morgan fingerprint density at radius 3 is 2.38 bits per heavy atom. The Morgan fingerprint density at radius 1 is 1.29 bits per heavy atom. The lowest BCUT2D eigenvalue weighted by Gasteiger charge is -2.46. The van der Waals surface area contributed by atoms with E-state index >= 15 is 0 Å². The van der Waals surface area contributed by atoms with Gasteiger partial charge in [0.1, 0.15) is 11.8 Å². The number of esters is 2. The fourth-order valence-electron chi connectivity index (χ4n) is 2.02. The molecule has 1 aliphatic heterocycles. The van der Waals surface area contributed by atoms with Crippen LogP contribution in [-0.4, -0.2) is 67.3 Å². The summed E-state index contributed by atoms with van der Waals surface area (Å²) in [7, 11) is 1.19. The van der Waals surface area contributed by atoms with Crippen LogP contribution in [0.2, 0.25) is 0 Å². The van der Waals surface area contributed by atoms with Crippen LogP contribution in [0.15, 0.2) is 0 Å². The SMILES string of the molecule is CCOC(=O)CC(=O)NCC1(C(=O)OC)CN(C(=O)O)C1. The van der Waals surface area contributed by atoms with Crippen LogP contribution in [0.4, 0.5) is 4.79 Å². The maximum absolute atomic E-state index is 11.7. The Balaban J connectivity index is 2.52. The summed E-state index contributed by atoms with van der Waals surface area (Å²) < 4.78 is 9.26. The largest absolute Gasteiger partial charge is 0.468 e. The molecule has 2 amide bonds. The van der Waals surface area contributed by atoms with E-state index in [0.717, 1.165) is 4.90 Å². The van der Waals surface area contributed by atoms with E-state index in [2.05, 4.69) is 14.8 Å². The minimum atomic E-state index is -1.15. The Labute approximate surface area is 121 Å². The highest BCUT2D eigenvalue weighted by Gasteiger charge is 2.52. The van der Waals surface area contributed by atoms with E-state index in [4.69, 9.17) is 5.11 Å². The molecule has 21 heavy (non-hydrogen) atoms. The molecule has 0 aromatic heterocycles. The van der Waals surface area contributed by atoms with Crippen molar-refractivity contribution in [2.75, 3.05) is 33.4 Å². The molecule has 0 unspecified atom stereocenters. The minimum Gasteiger partial charge on any atom is -0.468 e. The molecule has 1 aliphatic rings. The van der Waals surface area contributed by atoms with Crippen molar-refractivity contribution in [1.82, 2.24) is 10.2 Å². The molecule has 0 aromatic carbocycles. The second-order valence-electron chi connectivity index (χ2n) is 4.67. The maximum Gasteiger partial charge on any atom is 0.407 e. The number of carboxylic acid groups (broad SMARTS) is 1. The maximum atomic E-state index is 11.7. The third kappa shape index (κ3) is 4.07. The fraction of sp³-hybridized carbons (Fsp3) is 0.667. The number of rotatable bonds is 6. The third-order valence-electron chi connectivity index (χ3n) is 3.11. The molecule has 9 heteroatoms. The summed E-state index contributed by atoms with van der Waals surface area (Å²) in [6.45, 7) is 1.58. The van der Waals surface area contributed by atoms with Gasteiger partial charge in [0.05, 0.1) is 13.7 Å². The molecule has 0 aromatic rings. The molecule has 9 nitrogen and oxygen atoms in total. The van der Waals surface area contributed by atoms with E-state index in [-0.39, 0.29) is 26.2 Å². The van der Waals surface area contributed by atoms with Gasteiger partial charge < -0.3 is 24.8 Å². The first-order valence-corrected chi connectivity index (χ1v) is 6.33. The van der Waals surface area contributed by atoms with Crippen molar-refractivity contribution in [2.24, 2.45) is 5.41 Å². The summed E-state index contributed by atoms with van der Waals surface area (Å²) in [6.07, 6.45) is -1.60. The lowest BCUT2D eigenvalue weighted by atomic mass is 9.80. The fourth-order valence-corrected chi connectivity index (χ4v) is 2.02. The number of hydrogen-bond acceptors (Lipinski definition) is 6. The topological polar surface area (TPSA) is 122 Å². The lowest BCUT2D eigenvalue weighted by molar-refractivity contribution is -0.162. The molecule has 1 saturated heterocycles. The summed E-state index contributed by atoms with van der Waals surface area (Å²) in [6, 6.07) is 0. The van der Waals surface area contributed by atoms with E-state index in [1.807, 2.05) is 0 Å². The summed E-state index contributed by atoms with van der Waals surface area (Å²) in [5.74, 6) is -1.86. The van der Waals surface area contributed by atoms with Crippen molar-refractivity contribution in [3.8, 4) is 0 Å². The highest BCUT2D eigenvalue weighted by molar-refractivity contribution is 5.94. The van der Waals surface area contributed by atoms with Crippen molar-refractivity contribution in [2.45, 2.75) is 13.3 Å². The Hall–Kier alpha value is -2.32. The Bertz CT molecular complexity index is 443. The van der Waals surface area contributed by atoms with Crippen LogP contribution in [0.3, 0.4) is 0 Å². The number of carbonyl (C=O) groups is 4. The molecular weight excluding hydrogens is 284 g/mol. The van der Waals surface area contributed by atoms with E-state index in [1.54, 1.807) is 6.92 Å². The van der Waals surface area contributed by atoms with Gasteiger partial charge in [-0.2, -0.15) is 0 Å². The van der Waals surface area contributed by atoms with Gasteiger partial charge in [0.15, 0.2) is 0 Å². The summed E-state index contributed by atoms with van der Waals surface area (Å²) in [5, 5.41) is 11.2. The number of hydrogen-bond donors (Lipinski definition) is 2. The number of ether oxygens (including phenoxy) is 2. The van der Waals surface area contributed by atoms with Gasteiger partial charge in [-0.25, -0.2) is 4.79 Å². The number of likely N-dealkylation sites (tertiary alicyclic amines) is 1. The Morgan fingerprint density at radius 2 is 1.90 bits per heavy atom. The van der Waals surface area contributed by atoms with Gasteiger partial charge in [-0.3, -0.25) is 14.4 Å². The lowest BCUT2D eigenvalue weighted by Crippen LogP contribution is -2.66. The zero-order chi connectivity index (χ0) is 16.0. The summed E-state index contributed by atoms with van der Waals surface area (Å²) >= 11 is 0. The minimum absolute atomic E-state index is 0.0608. The van der Waals surface area contributed by atoms with Crippen LogP contribution in [-0.2, 0) is 23.9 Å². The predicted molar refractivity (Wildman–Crippen MR) is 68.3 cm³/mol. The van der Waals surface area contributed by atoms with Gasteiger partial charge in [0, 0.05) is 19.6 Å². The molecule has 1 heterocycles. The second kappa shape index (κ2) is 6.91. The molecule has 0 saturated carbocycles. The van der Waals surface area contributed by atoms with E-state index < -0.39 is 35.8 Å². The van der Waals surface area contributed by atoms with Gasteiger partial charge in [-0.1, -0.05) is 0 Å². The van der Waals surface area contributed by atoms with Crippen LogP contribution >= 0.6 is 0 Å². The van der Waals surface area contributed by atoms with E-state index in [0.29, 0.717) is 0 Å². The number of carbonyl (C=O) groups excluding carboxylic acids is 3. The smallest absolute Gasteiger partial charge is 0.407 e. The highest BCUT2D eigenvalue weighted by Crippen LogP contribution is 2.31. The van der Waals surface area contributed by atoms with Crippen molar-refractivity contribution < 1.29 is 33.8 Å². The van der Waals surface area contributed by atoms with Gasteiger partial charge in [-0.15, -0.1) is 0 Å². The standard InChI is InChI=1S/C12H18N2O7/c1-3-21-9(16)4-8(15)13-5-12(10(17)20-2)6-14(7-12)11(18)19/h3-7H2,1-2H3,(H,13,15)(H,18,19). The van der Waals surface area contributed by atoms with Crippen LogP contribution in [0.5, 0.6) is 0 Å². The Kier molecular flexibility index (Phi) is 5.51. The average molecular weight is 302 g/mol. The third-order valence-corrected chi connectivity index (χ3v) is 3.11. The molecule has 0 aliphatic carbocycles. The zero-order valence-electron chi connectivity index (χ0n) is 11.9. The van der Waals surface area contributed by atoms with Crippen LogP contribution < -0.4 is 5.32 Å². The average Bonchev–Trinajstić information content (AvgIpc) is 2.36. The normalized spacial score (nSPS) is 15.6. The number of methoxy groups -OCH3 is 1. The molecule has 0 bridgehead atoms. The molecule has 1 fully saturated rings. The monoisotopic (exact) mass is 302 g/mol. The molecule has 118 valence electrons. The number of nitrogens with one attached hydrogen (secondary N) is 1. The molecule has 0 spiro atoms. The first-order chi connectivity index (χ1) is 9.84. The molecule has 1 rings (SSSR count). The second-order valence-corrected chi connectivity index (χ2v) is 4.67. The van der Waals surface area contributed by atoms with Crippen LogP contribution in [0, 0.1) is 5.41 Å². The van der Waals surface area contributed by atoms with Gasteiger partial charge in [0.25, 0.3) is 0 Å². The molecule has 0 atom stereocenters. The van der Waals surface area contributed by atoms with Crippen molar-refractivity contribution in [3.05, 3.63) is 0 Å². The summed E-state index contributed by atoms with van der Waals surface area (Å²) in [5.41, 5.74) is -1.10. The molecular formula is C12H18N2O7. The van der Waals surface area contributed by atoms with E-state index in [1.165, 1.54) is 7.11 Å². The van der Waals surface area contributed by atoms with Gasteiger partial charge >= 0.3 is 18.0 Å². The zero-order valence-corrected chi connectivity index (χ0v) is 11.9. The number of nitrogens with zero attached hydrogens (tertiary/aromatic N) is 1. The first-order valence-electron chi connectivity index (χ1n) is 6.33. The quantitative estimate of drug-likeness (QED) is 0.487. The first kappa shape index (κ1) is 16.7. The van der Waals surface area contributed by atoms with Crippen LogP contribution in [0.1, 0.15) is 13.3 Å². The molecule has 2 N–H and O–H groups in total. The van der Waals surface area contributed by atoms with Gasteiger partial charge in [-0.05, 0) is 6.92 Å². The summed E-state index contributed by atoms with van der Waals surface area (Å²) in [4.78, 5) is 46.2. The molecule has 0 radical (unpaired) electrons. The predicted octanol–water partition coefficient (Wildman–Crippen LogP) is -0.791. The number of amides is 2.